The molecule has 0 amide bonds. The minimum Gasteiger partial charge on any atom is -0.391 e. The molecule has 82 valence electrons. The Bertz CT molecular complexity index is 329. The number of aliphatic hydroxyl groups is 1. The van der Waals surface area contributed by atoms with Crippen molar-refractivity contribution < 1.29 is 5.11 Å². The summed E-state index contributed by atoms with van der Waals surface area (Å²) in [6.45, 7) is 0. The summed E-state index contributed by atoms with van der Waals surface area (Å²) in [4.78, 5) is 0. The first-order valence-electron chi connectivity index (χ1n) is 5.46. The second kappa shape index (κ2) is 4.99. The van der Waals surface area contributed by atoms with Crippen LogP contribution in [0.2, 0.25) is 0 Å². The van der Waals surface area contributed by atoms with Gasteiger partial charge in [-0.05, 0) is 31.0 Å². The van der Waals surface area contributed by atoms with E-state index < -0.39 is 0 Å². The fraction of sp³-hybridized carbons (Fsp3) is 0.500. The molecule has 1 aromatic carbocycles. The summed E-state index contributed by atoms with van der Waals surface area (Å²) in [6.07, 6.45) is 4.15. The lowest BCUT2D eigenvalue weighted by atomic mass is 9.92. The van der Waals surface area contributed by atoms with Gasteiger partial charge in [-0.15, -0.1) is 0 Å². The van der Waals surface area contributed by atoms with Crippen LogP contribution in [0.25, 0.3) is 0 Å². The predicted octanol–water partition coefficient (Wildman–Crippen LogP) is 3.16. The third-order valence-corrected chi connectivity index (χ3v) is 3.40. The van der Waals surface area contributed by atoms with Crippen LogP contribution >= 0.6 is 15.9 Å². The fourth-order valence-corrected chi connectivity index (χ4v) is 2.47. The number of nitrogens with one attached hydrogen (secondary N) is 1. The van der Waals surface area contributed by atoms with Crippen LogP contribution < -0.4 is 5.32 Å². The van der Waals surface area contributed by atoms with E-state index in [4.69, 9.17) is 0 Å². The average molecular weight is 270 g/mol. The van der Waals surface area contributed by atoms with Crippen molar-refractivity contribution in [1.29, 1.82) is 0 Å². The summed E-state index contributed by atoms with van der Waals surface area (Å²) in [7, 11) is 0. The largest absolute Gasteiger partial charge is 0.391 e. The normalized spacial score (nSPS) is 26.3. The number of halogens is 1. The molecule has 0 aromatic heterocycles. The maximum atomic E-state index is 9.83. The Labute approximate surface area is 98.8 Å². The predicted molar refractivity (Wildman–Crippen MR) is 66.0 cm³/mol. The van der Waals surface area contributed by atoms with E-state index in [0.717, 1.165) is 29.4 Å². The van der Waals surface area contributed by atoms with Crippen LogP contribution in [0.4, 0.5) is 5.69 Å². The minimum atomic E-state index is -0.197. The number of hydrogen-bond acceptors (Lipinski definition) is 2. The van der Waals surface area contributed by atoms with E-state index in [1.807, 2.05) is 24.3 Å². The maximum Gasteiger partial charge on any atom is 0.0741 e. The molecule has 0 spiro atoms. The topological polar surface area (TPSA) is 32.3 Å². The van der Waals surface area contributed by atoms with Crippen LogP contribution in [0, 0.1) is 0 Å². The molecular formula is C12H16BrNO. The van der Waals surface area contributed by atoms with Crippen molar-refractivity contribution in [2.75, 3.05) is 5.32 Å². The highest BCUT2D eigenvalue weighted by atomic mass is 79.9. The third kappa shape index (κ3) is 2.95. The van der Waals surface area contributed by atoms with Crippen molar-refractivity contribution in [3.8, 4) is 0 Å². The van der Waals surface area contributed by atoms with Crippen LogP contribution in [0.5, 0.6) is 0 Å². The summed E-state index contributed by atoms with van der Waals surface area (Å²) >= 11 is 3.44. The molecule has 1 fully saturated rings. The van der Waals surface area contributed by atoms with Gasteiger partial charge in [0.25, 0.3) is 0 Å². The molecule has 0 unspecified atom stereocenters. The Hall–Kier alpha value is -0.540. The van der Waals surface area contributed by atoms with Crippen molar-refractivity contribution in [1.82, 2.24) is 0 Å². The van der Waals surface area contributed by atoms with E-state index in [1.165, 1.54) is 6.42 Å². The molecule has 15 heavy (non-hydrogen) atoms. The van der Waals surface area contributed by atoms with Crippen molar-refractivity contribution in [2.45, 2.75) is 37.8 Å². The quantitative estimate of drug-likeness (QED) is 0.865. The zero-order valence-electron chi connectivity index (χ0n) is 8.62. The SMILES string of the molecule is O[C@H]1CCCC[C@@H]1Nc1cccc(Br)c1. The first kappa shape index (κ1) is 11.0. The highest BCUT2D eigenvalue weighted by Gasteiger charge is 2.22. The van der Waals surface area contributed by atoms with Crippen LogP contribution in [0.15, 0.2) is 28.7 Å². The second-order valence-corrected chi connectivity index (χ2v) is 5.03. The van der Waals surface area contributed by atoms with Gasteiger partial charge in [0.05, 0.1) is 12.1 Å². The van der Waals surface area contributed by atoms with Gasteiger partial charge in [-0.25, -0.2) is 0 Å². The molecule has 2 nitrogen and oxygen atoms in total. The summed E-state index contributed by atoms with van der Waals surface area (Å²) in [5, 5.41) is 13.2. The molecule has 2 N–H and O–H groups in total. The number of rotatable bonds is 2. The molecule has 1 aliphatic rings. The summed E-state index contributed by atoms with van der Waals surface area (Å²) in [5.41, 5.74) is 1.08. The molecule has 0 radical (unpaired) electrons. The van der Waals surface area contributed by atoms with Gasteiger partial charge in [0.2, 0.25) is 0 Å². The standard InChI is InChI=1S/C12H16BrNO/c13-9-4-3-5-10(8-9)14-11-6-1-2-7-12(11)15/h3-5,8,11-12,14-15H,1-2,6-7H2/t11-,12-/m0/s1. The van der Waals surface area contributed by atoms with Crippen molar-refractivity contribution >= 4 is 21.6 Å². The van der Waals surface area contributed by atoms with Crippen LogP contribution in [0.3, 0.4) is 0 Å². The Morgan fingerprint density at radius 2 is 2.07 bits per heavy atom. The molecule has 0 saturated heterocycles. The zero-order valence-corrected chi connectivity index (χ0v) is 10.2. The number of benzene rings is 1. The van der Waals surface area contributed by atoms with Crippen molar-refractivity contribution in [3.63, 3.8) is 0 Å². The number of hydrogen-bond donors (Lipinski definition) is 2. The average Bonchev–Trinajstić information content (AvgIpc) is 2.22. The highest BCUT2D eigenvalue weighted by Crippen LogP contribution is 2.23. The van der Waals surface area contributed by atoms with E-state index in [9.17, 15) is 5.11 Å². The molecule has 2 atom stereocenters. The van der Waals surface area contributed by atoms with Gasteiger partial charge in [0, 0.05) is 10.2 Å². The summed E-state index contributed by atoms with van der Waals surface area (Å²) in [6, 6.07) is 8.30. The van der Waals surface area contributed by atoms with E-state index >= 15 is 0 Å². The molecule has 0 aliphatic heterocycles. The van der Waals surface area contributed by atoms with Gasteiger partial charge in [0.15, 0.2) is 0 Å². The lowest BCUT2D eigenvalue weighted by Gasteiger charge is -2.29. The molecule has 0 heterocycles. The summed E-state index contributed by atoms with van der Waals surface area (Å²) < 4.78 is 1.07. The van der Waals surface area contributed by atoms with Gasteiger partial charge in [0.1, 0.15) is 0 Å². The summed E-state index contributed by atoms with van der Waals surface area (Å²) in [5.74, 6) is 0. The molecule has 1 aromatic rings. The van der Waals surface area contributed by atoms with Gasteiger partial charge < -0.3 is 10.4 Å². The van der Waals surface area contributed by atoms with Crippen LogP contribution in [-0.2, 0) is 0 Å². The lowest BCUT2D eigenvalue weighted by molar-refractivity contribution is 0.116. The number of aliphatic hydroxyl groups excluding tert-OH is 1. The second-order valence-electron chi connectivity index (χ2n) is 4.11. The van der Waals surface area contributed by atoms with E-state index in [1.54, 1.807) is 0 Å². The minimum absolute atomic E-state index is 0.197. The van der Waals surface area contributed by atoms with Gasteiger partial charge in [-0.2, -0.15) is 0 Å². The molecule has 3 heteroatoms. The fourth-order valence-electron chi connectivity index (χ4n) is 2.07. The maximum absolute atomic E-state index is 9.83. The first-order valence-corrected chi connectivity index (χ1v) is 6.25. The van der Waals surface area contributed by atoms with E-state index in [0.29, 0.717) is 0 Å². The zero-order chi connectivity index (χ0) is 10.7. The molecule has 0 bridgehead atoms. The Morgan fingerprint density at radius 1 is 1.27 bits per heavy atom. The van der Waals surface area contributed by atoms with E-state index in [-0.39, 0.29) is 12.1 Å². The molecule has 1 aliphatic carbocycles. The molecular weight excluding hydrogens is 254 g/mol. The molecule has 1 saturated carbocycles. The molecule has 2 rings (SSSR count). The monoisotopic (exact) mass is 269 g/mol. The Balaban J connectivity index is 2.01. The Morgan fingerprint density at radius 3 is 2.80 bits per heavy atom. The number of anilines is 1. The van der Waals surface area contributed by atoms with Gasteiger partial charge in [-0.3, -0.25) is 0 Å². The smallest absolute Gasteiger partial charge is 0.0741 e. The van der Waals surface area contributed by atoms with E-state index in [2.05, 4.69) is 21.2 Å². The van der Waals surface area contributed by atoms with Crippen molar-refractivity contribution in [3.05, 3.63) is 28.7 Å². The van der Waals surface area contributed by atoms with Gasteiger partial charge in [-0.1, -0.05) is 34.8 Å². The first-order chi connectivity index (χ1) is 7.25. The lowest BCUT2D eigenvalue weighted by Crippen LogP contribution is -2.36. The van der Waals surface area contributed by atoms with Crippen LogP contribution in [0.1, 0.15) is 25.7 Å². The van der Waals surface area contributed by atoms with Crippen LogP contribution in [-0.4, -0.2) is 17.3 Å². The Kier molecular flexibility index (Phi) is 3.65. The third-order valence-electron chi connectivity index (χ3n) is 2.91. The van der Waals surface area contributed by atoms with Crippen molar-refractivity contribution in [2.24, 2.45) is 0 Å². The highest BCUT2D eigenvalue weighted by molar-refractivity contribution is 9.10. The van der Waals surface area contributed by atoms with Gasteiger partial charge >= 0.3 is 0 Å².